The maximum atomic E-state index is 2.35. The van der Waals surface area contributed by atoms with Crippen LogP contribution in [0.5, 0.6) is 0 Å². The predicted molar refractivity (Wildman–Crippen MR) is 60.1 cm³/mol. The zero-order chi connectivity index (χ0) is 10.4. The summed E-state index contributed by atoms with van der Waals surface area (Å²) in [6.45, 7) is 5.82. The molecule has 0 radical (unpaired) electrons. The molecule has 0 N–H and O–H groups in total. The Morgan fingerprint density at radius 3 is 1.85 bits per heavy atom. The van der Waals surface area contributed by atoms with Gasteiger partial charge in [0.05, 0.1) is 0 Å². The van der Waals surface area contributed by atoms with Crippen LogP contribution in [0, 0.1) is 5.92 Å². The zero-order valence-corrected chi connectivity index (χ0v) is 10.2. The molecule has 0 aliphatic heterocycles. The van der Waals surface area contributed by atoms with Gasteiger partial charge in [0.25, 0.3) is 0 Å². The normalized spacial score (nSPS) is 14.5. The van der Waals surface area contributed by atoms with Crippen molar-refractivity contribution in [1.29, 1.82) is 0 Å². The molecule has 13 heavy (non-hydrogen) atoms. The summed E-state index contributed by atoms with van der Waals surface area (Å²) in [6, 6.07) is 0.736. The van der Waals surface area contributed by atoms with E-state index in [-0.39, 0.29) is 0 Å². The summed E-state index contributed by atoms with van der Waals surface area (Å²) in [5.41, 5.74) is 0. The fourth-order valence-corrected chi connectivity index (χ4v) is 1.80. The molecular formula is C11H26N2. The third kappa shape index (κ3) is 6.05. The topological polar surface area (TPSA) is 6.48 Å². The summed E-state index contributed by atoms with van der Waals surface area (Å²) in [5.74, 6) is 0.761. The first-order chi connectivity index (χ1) is 5.95. The second-order valence-electron chi connectivity index (χ2n) is 4.72. The van der Waals surface area contributed by atoms with Crippen molar-refractivity contribution in [1.82, 2.24) is 9.80 Å². The molecule has 0 aromatic carbocycles. The minimum atomic E-state index is 0.736. The Bertz CT molecular complexity index is 111. The van der Waals surface area contributed by atoms with E-state index in [1.165, 1.54) is 19.4 Å². The second kappa shape index (κ2) is 6.39. The smallest absolute Gasteiger partial charge is 0.0113 e. The molecule has 0 amide bonds. The van der Waals surface area contributed by atoms with E-state index < -0.39 is 0 Å². The van der Waals surface area contributed by atoms with E-state index >= 15 is 0 Å². The van der Waals surface area contributed by atoms with Crippen LogP contribution in [0.25, 0.3) is 0 Å². The highest BCUT2D eigenvalue weighted by molar-refractivity contribution is 4.70. The summed E-state index contributed by atoms with van der Waals surface area (Å²) in [7, 11) is 8.64. The molecule has 0 saturated heterocycles. The molecule has 0 spiro atoms. The van der Waals surface area contributed by atoms with Crippen molar-refractivity contribution in [3.8, 4) is 0 Å². The van der Waals surface area contributed by atoms with Gasteiger partial charge in [-0.05, 0) is 53.5 Å². The van der Waals surface area contributed by atoms with Crippen molar-refractivity contribution in [3.63, 3.8) is 0 Å². The van der Waals surface area contributed by atoms with E-state index in [1.807, 2.05) is 0 Å². The van der Waals surface area contributed by atoms with Crippen molar-refractivity contribution < 1.29 is 0 Å². The lowest BCUT2D eigenvalue weighted by molar-refractivity contribution is 0.208. The van der Waals surface area contributed by atoms with Crippen LogP contribution in [-0.2, 0) is 0 Å². The van der Waals surface area contributed by atoms with Gasteiger partial charge in [0.1, 0.15) is 0 Å². The Morgan fingerprint density at radius 1 is 1.00 bits per heavy atom. The van der Waals surface area contributed by atoms with Gasteiger partial charge in [0, 0.05) is 6.04 Å². The van der Waals surface area contributed by atoms with Crippen molar-refractivity contribution in [2.24, 2.45) is 5.92 Å². The van der Waals surface area contributed by atoms with Crippen molar-refractivity contribution in [2.45, 2.75) is 32.7 Å². The molecule has 0 aliphatic carbocycles. The predicted octanol–water partition coefficient (Wildman–Crippen LogP) is 1.91. The SMILES string of the molecule is CC(C)C(CCCN(C)C)N(C)C. The highest BCUT2D eigenvalue weighted by Crippen LogP contribution is 2.13. The van der Waals surface area contributed by atoms with E-state index in [9.17, 15) is 0 Å². The van der Waals surface area contributed by atoms with Gasteiger partial charge in [-0.2, -0.15) is 0 Å². The quantitative estimate of drug-likeness (QED) is 0.625. The molecule has 0 bridgehead atoms. The Morgan fingerprint density at radius 2 is 1.54 bits per heavy atom. The molecule has 0 rings (SSSR count). The Balaban J connectivity index is 3.70. The van der Waals surface area contributed by atoms with Crippen molar-refractivity contribution in [2.75, 3.05) is 34.7 Å². The minimum absolute atomic E-state index is 0.736. The average molecular weight is 186 g/mol. The molecule has 2 heteroatoms. The molecule has 0 aliphatic rings. The van der Waals surface area contributed by atoms with E-state index in [2.05, 4.69) is 51.8 Å². The van der Waals surface area contributed by atoms with Crippen LogP contribution in [0.4, 0.5) is 0 Å². The van der Waals surface area contributed by atoms with E-state index in [4.69, 9.17) is 0 Å². The summed E-state index contributed by atoms with van der Waals surface area (Å²) in [4.78, 5) is 4.60. The molecule has 0 aromatic rings. The maximum Gasteiger partial charge on any atom is 0.0113 e. The van der Waals surface area contributed by atoms with Gasteiger partial charge in [0.15, 0.2) is 0 Å². The molecule has 0 fully saturated rings. The van der Waals surface area contributed by atoms with Crippen LogP contribution in [-0.4, -0.2) is 50.6 Å². The van der Waals surface area contributed by atoms with E-state index in [0.29, 0.717) is 0 Å². The molecule has 1 unspecified atom stereocenters. The Hall–Kier alpha value is -0.0800. The number of nitrogens with zero attached hydrogens (tertiary/aromatic N) is 2. The number of rotatable bonds is 6. The van der Waals surface area contributed by atoms with Crippen LogP contribution in [0.1, 0.15) is 26.7 Å². The molecule has 0 saturated carbocycles. The van der Waals surface area contributed by atoms with Crippen LogP contribution in [0.15, 0.2) is 0 Å². The average Bonchev–Trinajstić information content (AvgIpc) is 1.95. The molecule has 1 atom stereocenters. The fraction of sp³-hybridized carbons (Fsp3) is 1.00. The Labute approximate surface area is 83.9 Å². The lowest BCUT2D eigenvalue weighted by Crippen LogP contribution is -2.33. The molecular weight excluding hydrogens is 160 g/mol. The first-order valence-electron chi connectivity index (χ1n) is 5.26. The lowest BCUT2D eigenvalue weighted by atomic mass is 9.98. The molecule has 2 nitrogen and oxygen atoms in total. The van der Waals surface area contributed by atoms with Gasteiger partial charge in [-0.15, -0.1) is 0 Å². The van der Waals surface area contributed by atoms with E-state index in [1.54, 1.807) is 0 Å². The van der Waals surface area contributed by atoms with Gasteiger partial charge in [-0.1, -0.05) is 13.8 Å². The van der Waals surface area contributed by atoms with Gasteiger partial charge in [-0.3, -0.25) is 0 Å². The highest BCUT2D eigenvalue weighted by Gasteiger charge is 2.14. The summed E-state index contributed by atoms with van der Waals surface area (Å²) in [5, 5.41) is 0. The van der Waals surface area contributed by atoms with Crippen LogP contribution in [0.2, 0.25) is 0 Å². The van der Waals surface area contributed by atoms with Crippen LogP contribution < -0.4 is 0 Å². The summed E-state index contributed by atoms with van der Waals surface area (Å²) in [6.07, 6.45) is 2.61. The third-order valence-electron chi connectivity index (χ3n) is 2.54. The monoisotopic (exact) mass is 186 g/mol. The molecule has 0 heterocycles. The number of hydrogen-bond acceptors (Lipinski definition) is 2. The largest absolute Gasteiger partial charge is 0.309 e. The maximum absolute atomic E-state index is 2.35. The summed E-state index contributed by atoms with van der Waals surface area (Å²) >= 11 is 0. The van der Waals surface area contributed by atoms with Gasteiger partial charge >= 0.3 is 0 Å². The fourth-order valence-electron chi connectivity index (χ4n) is 1.80. The molecule has 80 valence electrons. The standard InChI is InChI=1S/C11H26N2/c1-10(2)11(13(5)6)8-7-9-12(3)4/h10-11H,7-9H2,1-6H3. The first-order valence-corrected chi connectivity index (χ1v) is 5.26. The second-order valence-corrected chi connectivity index (χ2v) is 4.72. The minimum Gasteiger partial charge on any atom is -0.309 e. The van der Waals surface area contributed by atoms with Gasteiger partial charge in [-0.25, -0.2) is 0 Å². The Kier molecular flexibility index (Phi) is 6.35. The van der Waals surface area contributed by atoms with Gasteiger partial charge < -0.3 is 9.80 Å². The van der Waals surface area contributed by atoms with Crippen LogP contribution >= 0.6 is 0 Å². The third-order valence-corrected chi connectivity index (χ3v) is 2.54. The van der Waals surface area contributed by atoms with Crippen molar-refractivity contribution >= 4 is 0 Å². The molecule has 0 aromatic heterocycles. The summed E-state index contributed by atoms with van der Waals surface area (Å²) < 4.78 is 0. The van der Waals surface area contributed by atoms with Gasteiger partial charge in [0.2, 0.25) is 0 Å². The lowest BCUT2D eigenvalue weighted by Gasteiger charge is -2.28. The highest BCUT2D eigenvalue weighted by atomic mass is 15.1. The van der Waals surface area contributed by atoms with Crippen molar-refractivity contribution in [3.05, 3.63) is 0 Å². The number of hydrogen-bond donors (Lipinski definition) is 0. The zero-order valence-electron chi connectivity index (χ0n) is 10.2. The first kappa shape index (κ1) is 12.9. The van der Waals surface area contributed by atoms with Crippen LogP contribution in [0.3, 0.4) is 0 Å². The van der Waals surface area contributed by atoms with E-state index in [0.717, 1.165) is 12.0 Å².